The molecule has 0 aliphatic rings. The molecule has 0 radical (unpaired) electrons. The van der Waals surface area contributed by atoms with Crippen LogP contribution in [0.2, 0.25) is 0 Å². The van der Waals surface area contributed by atoms with Crippen LogP contribution in [0.4, 0.5) is 17.6 Å². The molecule has 0 bridgehead atoms. The van der Waals surface area contributed by atoms with E-state index in [0.29, 0.717) is 22.5 Å². The van der Waals surface area contributed by atoms with Crippen LogP contribution in [-0.2, 0) is 12.7 Å². The molecule has 0 atom stereocenters. The highest BCUT2D eigenvalue weighted by Gasteiger charge is 2.29. The number of hydrogen-bond acceptors (Lipinski definition) is 3. The number of halogens is 5. The summed E-state index contributed by atoms with van der Waals surface area (Å²) < 4.78 is 54.7. The molecule has 3 aromatic heterocycles. The number of rotatable bonds is 5. The van der Waals surface area contributed by atoms with E-state index in [1.807, 2.05) is 22.7 Å². The molecule has 0 aliphatic carbocycles. The maximum atomic E-state index is 14.9. The number of carbonyl (C=O) groups excluding carboxylic acids is 1. The minimum absolute atomic E-state index is 0. The van der Waals surface area contributed by atoms with Crippen LogP contribution in [0.25, 0.3) is 28.0 Å². The monoisotopic (exact) mass is 515 g/mol. The van der Waals surface area contributed by atoms with E-state index >= 15 is 0 Å². The number of imidazole rings is 1. The SMILES string of the molecule is Cl.O=C(NCc1ccc(C(F)(F)F)cc1)c1ccc(-c2cnc3ccc(-c4cn[nH]c4)cn23)cc1F. The number of H-pyrrole nitrogens is 1. The number of aromatic amines is 1. The van der Waals surface area contributed by atoms with Gasteiger partial charge in [0.2, 0.25) is 0 Å². The summed E-state index contributed by atoms with van der Waals surface area (Å²) in [6, 6.07) is 12.4. The second kappa shape index (κ2) is 9.82. The summed E-state index contributed by atoms with van der Waals surface area (Å²) in [5.41, 5.74) is 3.13. The van der Waals surface area contributed by atoms with Crippen molar-refractivity contribution in [3.63, 3.8) is 0 Å². The third-order valence-electron chi connectivity index (χ3n) is 5.58. The maximum Gasteiger partial charge on any atom is 0.416 e. The van der Waals surface area contributed by atoms with E-state index in [1.54, 1.807) is 24.7 Å². The molecule has 2 aromatic carbocycles. The van der Waals surface area contributed by atoms with E-state index in [-0.39, 0.29) is 24.5 Å². The highest BCUT2D eigenvalue weighted by Crippen LogP contribution is 2.29. The first-order valence-corrected chi connectivity index (χ1v) is 10.5. The van der Waals surface area contributed by atoms with Crippen LogP contribution >= 0.6 is 12.4 Å². The molecule has 0 fully saturated rings. The van der Waals surface area contributed by atoms with Crippen molar-refractivity contribution in [2.75, 3.05) is 0 Å². The summed E-state index contributed by atoms with van der Waals surface area (Å²) in [6.45, 7) is -0.0395. The first kappa shape index (κ1) is 24.9. The van der Waals surface area contributed by atoms with Crippen molar-refractivity contribution in [1.82, 2.24) is 24.9 Å². The predicted octanol–water partition coefficient (Wildman–Crippen LogP) is 5.90. The summed E-state index contributed by atoms with van der Waals surface area (Å²) in [7, 11) is 0. The van der Waals surface area contributed by atoms with E-state index in [1.165, 1.54) is 24.3 Å². The number of hydrogen-bond donors (Lipinski definition) is 2. The number of pyridine rings is 1. The molecule has 0 saturated carbocycles. The first-order valence-electron chi connectivity index (χ1n) is 10.5. The first-order chi connectivity index (χ1) is 16.8. The average Bonchev–Trinajstić information content (AvgIpc) is 3.52. The van der Waals surface area contributed by atoms with Crippen LogP contribution in [0.1, 0.15) is 21.5 Å². The van der Waals surface area contributed by atoms with E-state index in [2.05, 4.69) is 20.5 Å². The van der Waals surface area contributed by atoms with Gasteiger partial charge in [-0.25, -0.2) is 9.37 Å². The van der Waals surface area contributed by atoms with Crippen molar-refractivity contribution in [2.45, 2.75) is 12.7 Å². The van der Waals surface area contributed by atoms with Crippen molar-refractivity contribution in [1.29, 1.82) is 0 Å². The van der Waals surface area contributed by atoms with Gasteiger partial charge in [0, 0.05) is 35.6 Å². The van der Waals surface area contributed by atoms with Gasteiger partial charge in [0.05, 0.1) is 29.2 Å². The Bertz CT molecular complexity index is 1510. The fraction of sp³-hybridized carbons (Fsp3) is 0.0800. The minimum atomic E-state index is -4.44. The van der Waals surface area contributed by atoms with Crippen molar-refractivity contribution in [3.05, 3.63) is 102 Å². The Morgan fingerprint density at radius 1 is 0.972 bits per heavy atom. The van der Waals surface area contributed by atoms with Crippen LogP contribution < -0.4 is 5.32 Å². The van der Waals surface area contributed by atoms with E-state index in [4.69, 9.17) is 0 Å². The van der Waals surface area contributed by atoms with E-state index < -0.39 is 23.5 Å². The van der Waals surface area contributed by atoms with Crippen LogP contribution in [0.5, 0.6) is 0 Å². The van der Waals surface area contributed by atoms with Crippen molar-refractivity contribution < 1.29 is 22.4 Å². The van der Waals surface area contributed by atoms with Gasteiger partial charge in [0.1, 0.15) is 11.5 Å². The molecule has 3 heterocycles. The lowest BCUT2D eigenvalue weighted by Gasteiger charge is -2.10. The third kappa shape index (κ3) is 4.94. The molecular formula is C25H18ClF4N5O. The van der Waals surface area contributed by atoms with Crippen LogP contribution in [0, 0.1) is 5.82 Å². The summed E-state index contributed by atoms with van der Waals surface area (Å²) in [5, 5.41) is 9.25. The molecule has 0 aliphatic heterocycles. The molecule has 11 heteroatoms. The number of nitrogens with one attached hydrogen (secondary N) is 2. The van der Waals surface area contributed by atoms with Gasteiger partial charge in [-0.3, -0.25) is 14.3 Å². The molecule has 2 N–H and O–H groups in total. The molecule has 0 unspecified atom stereocenters. The predicted molar refractivity (Wildman–Crippen MR) is 128 cm³/mol. The fourth-order valence-electron chi connectivity index (χ4n) is 3.72. The Balaban J connectivity index is 0.00000304. The van der Waals surface area contributed by atoms with E-state index in [0.717, 1.165) is 23.3 Å². The third-order valence-corrected chi connectivity index (χ3v) is 5.58. The molecule has 1 amide bonds. The quantitative estimate of drug-likeness (QED) is 0.286. The second-order valence-corrected chi connectivity index (χ2v) is 7.85. The number of amides is 1. The Labute approximate surface area is 208 Å². The number of aromatic nitrogens is 4. The zero-order chi connectivity index (χ0) is 24.6. The lowest BCUT2D eigenvalue weighted by Crippen LogP contribution is -2.24. The molecular weight excluding hydrogens is 498 g/mol. The van der Waals surface area contributed by atoms with Gasteiger partial charge >= 0.3 is 6.18 Å². The van der Waals surface area contributed by atoms with Gasteiger partial charge in [-0.2, -0.15) is 18.3 Å². The van der Waals surface area contributed by atoms with Crippen LogP contribution in [0.15, 0.2) is 79.4 Å². The second-order valence-electron chi connectivity index (χ2n) is 7.85. The molecule has 0 spiro atoms. The normalized spacial score (nSPS) is 11.3. The molecule has 6 nitrogen and oxygen atoms in total. The fourth-order valence-corrected chi connectivity index (χ4v) is 3.72. The number of benzene rings is 2. The standard InChI is InChI=1S/C25H17F4N5O.ClH/c26-21-9-16(22-13-30-23-8-4-17(14-34(22)23)18-11-32-33-12-18)3-7-20(21)24(35)31-10-15-1-5-19(6-2-15)25(27,28)29;/h1-9,11-14H,10H2,(H,31,35)(H,32,33);1H. The summed E-state index contributed by atoms with van der Waals surface area (Å²) in [5.74, 6) is -1.40. The number of alkyl halides is 3. The largest absolute Gasteiger partial charge is 0.416 e. The van der Waals surface area contributed by atoms with Gasteiger partial charge in [0.15, 0.2) is 0 Å². The molecule has 0 saturated heterocycles. The number of carbonyl (C=O) groups is 1. The molecule has 5 rings (SSSR count). The molecule has 184 valence electrons. The minimum Gasteiger partial charge on any atom is -0.348 e. The zero-order valence-electron chi connectivity index (χ0n) is 18.4. The van der Waals surface area contributed by atoms with Gasteiger partial charge < -0.3 is 5.32 Å². The highest BCUT2D eigenvalue weighted by atomic mass is 35.5. The van der Waals surface area contributed by atoms with Gasteiger partial charge in [-0.15, -0.1) is 12.4 Å². The highest BCUT2D eigenvalue weighted by molar-refractivity contribution is 5.95. The Morgan fingerprint density at radius 3 is 2.39 bits per heavy atom. The van der Waals surface area contributed by atoms with Crippen molar-refractivity contribution >= 4 is 24.0 Å². The zero-order valence-corrected chi connectivity index (χ0v) is 19.2. The van der Waals surface area contributed by atoms with Crippen molar-refractivity contribution in [3.8, 4) is 22.4 Å². The van der Waals surface area contributed by atoms with Crippen molar-refractivity contribution in [2.24, 2.45) is 0 Å². The molecule has 36 heavy (non-hydrogen) atoms. The lowest BCUT2D eigenvalue weighted by atomic mass is 10.1. The summed E-state index contributed by atoms with van der Waals surface area (Å²) >= 11 is 0. The van der Waals surface area contributed by atoms with Gasteiger partial charge in [-0.1, -0.05) is 18.2 Å². The Kier molecular flexibility index (Phi) is 6.80. The van der Waals surface area contributed by atoms with Gasteiger partial charge in [0.25, 0.3) is 5.91 Å². The average molecular weight is 516 g/mol. The molecule has 5 aromatic rings. The smallest absolute Gasteiger partial charge is 0.348 e. The topological polar surface area (TPSA) is 75.1 Å². The lowest BCUT2D eigenvalue weighted by molar-refractivity contribution is -0.137. The number of fused-ring (bicyclic) bond motifs is 1. The summed E-state index contributed by atoms with van der Waals surface area (Å²) in [6.07, 6.45) is 2.50. The summed E-state index contributed by atoms with van der Waals surface area (Å²) in [4.78, 5) is 16.9. The van der Waals surface area contributed by atoms with Gasteiger partial charge in [-0.05, 0) is 42.0 Å². The Morgan fingerprint density at radius 2 is 1.72 bits per heavy atom. The number of nitrogens with zero attached hydrogens (tertiary/aromatic N) is 3. The maximum absolute atomic E-state index is 14.9. The Hall–Kier alpha value is -4.18. The van der Waals surface area contributed by atoms with Crippen LogP contribution in [-0.4, -0.2) is 25.5 Å². The van der Waals surface area contributed by atoms with E-state index in [9.17, 15) is 22.4 Å². The van der Waals surface area contributed by atoms with Crippen LogP contribution in [0.3, 0.4) is 0 Å².